The van der Waals surface area contributed by atoms with Gasteiger partial charge in [-0.25, -0.2) is 0 Å². The van der Waals surface area contributed by atoms with E-state index in [0.29, 0.717) is 0 Å². The van der Waals surface area contributed by atoms with Gasteiger partial charge in [0.2, 0.25) is 16.6 Å². The molecule has 0 heterocycles. The van der Waals surface area contributed by atoms with Crippen molar-refractivity contribution in [3.05, 3.63) is 35.5 Å². The van der Waals surface area contributed by atoms with Crippen molar-refractivity contribution in [1.29, 1.82) is 0 Å². The molecule has 0 saturated carbocycles. The van der Waals surface area contributed by atoms with E-state index in [9.17, 15) is 0 Å². The van der Waals surface area contributed by atoms with E-state index in [1.54, 1.807) is 7.11 Å². The Morgan fingerprint density at radius 1 is 0.955 bits per heavy atom. The zero-order valence-electron chi connectivity index (χ0n) is 15.0. The molecule has 0 radical (unpaired) electrons. The smallest absolute Gasteiger partial charge is 0.218 e. The maximum Gasteiger partial charge on any atom is 0.218 e. The molecule has 1 aromatic rings. The van der Waals surface area contributed by atoms with Gasteiger partial charge in [0.15, 0.2) is 0 Å². The van der Waals surface area contributed by atoms with Gasteiger partial charge in [0.1, 0.15) is 5.75 Å². The molecule has 0 N–H and O–H groups in total. The van der Waals surface area contributed by atoms with Crippen molar-refractivity contribution in [3.8, 4) is 5.75 Å². The highest BCUT2D eigenvalue weighted by Gasteiger charge is 2.32. The lowest BCUT2D eigenvalue weighted by Gasteiger charge is -2.29. The molecule has 1 rings (SSSR count). The number of methoxy groups -OCH3 is 1. The second-order valence-corrected chi connectivity index (χ2v) is 13.9. The molecule has 0 saturated heterocycles. The highest BCUT2D eigenvalue weighted by atomic mass is 28.4. The Kier molecular flexibility index (Phi) is 7.06. The SMILES string of the molecule is CCO[Si](C)(C)/C=C(/c1ccc(OC)cc1)[Si](C)(C)OCC. The number of benzene rings is 1. The number of hydrogen-bond donors (Lipinski definition) is 0. The Morgan fingerprint density at radius 3 is 1.95 bits per heavy atom. The predicted molar refractivity (Wildman–Crippen MR) is 99.2 cm³/mol. The number of rotatable bonds is 8. The van der Waals surface area contributed by atoms with Crippen LogP contribution in [0.15, 0.2) is 30.0 Å². The molecule has 0 atom stereocenters. The molecule has 0 aliphatic heterocycles. The van der Waals surface area contributed by atoms with Crippen molar-refractivity contribution in [3.63, 3.8) is 0 Å². The fourth-order valence-corrected chi connectivity index (χ4v) is 8.44. The molecular weight excluding hydrogens is 308 g/mol. The van der Waals surface area contributed by atoms with E-state index < -0.39 is 16.6 Å². The third kappa shape index (κ3) is 5.39. The van der Waals surface area contributed by atoms with Gasteiger partial charge in [0.05, 0.1) is 7.11 Å². The normalized spacial score (nSPS) is 13.3. The van der Waals surface area contributed by atoms with E-state index in [1.165, 1.54) is 10.8 Å². The summed E-state index contributed by atoms with van der Waals surface area (Å²) in [7, 11) is -2.12. The summed E-state index contributed by atoms with van der Waals surface area (Å²) in [6.07, 6.45) is 0. The van der Waals surface area contributed by atoms with Crippen molar-refractivity contribution in [2.45, 2.75) is 40.0 Å². The van der Waals surface area contributed by atoms with Crippen LogP contribution in [0.25, 0.3) is 5.20 Å². The molecule has 0 amide bonds. The molecule has 0 unspecified atom stereocenters. The fraction of sp³-hybridized carbons (Fsp3) is 0.529. The lowest BCUT2D eigenvalue weighted by molar-refractivity contribution is 0.336. The largest absolute Gasteiger partial charge is 0.497 e. The standard InChI is InChI=1S/C17H30O3Si2/c1-8-19-21(4,5)14-17(22(6,7)20-9-2)15-10-12-16(18-3)13-11-15/h10-14H,8-9H2,1-7H3/b17-14-. The Bertz CT molecular complexity index is 493. The zero-order chi connectivity index (χ0) is 16.8. The highest BCUT2D eigenvalue weighted by molar-refractivity contribution is 6.93. The van der Waals surface area contributed by atoms with Crippen LogP contribution in [-0.4, -0.2) is 37.0 Å². The summed E-state index contributed by atoms with van der Waals surface area (Å²) in [6.45, 7) is 14.6. The first-order chi connectivity index (χ1) is 10.3. The lowest BCUT2D eigenvalue weighted by Crippen LogP contribution is -2.37. The van der Waals surface area contributed by atoms with Crippen molar-refractivity contribution >= 4 is 21.8 Å². The second kappa shape index (κ2) is 8.10. The second-order valence-electron chi connectivity index (χ2n) is 6.27. The molecule has 5 heteroatoms. The van der Waals surface area contributed by atoms with Crippen molar-refractivity contribution < 1.29 is 13.6 Å². The summed E-state index contributed by atoms with van der Waals surface area (Å²) < 4.78 is 17.4. The Balaban J connectivity index is 3.29. The first-order valence-corrected chi connectivity index (χ1v) is 13.8. The summed E-state index contributed by atoms with van der Waals surface area (Å²) in [5, 5.41) is 1.32. The molecule has 0 aromatic heterocycles. The number of ether oxygens (including phenoxy) is 1. The minimum atomic E-state index is -1.96. The zero-order valence-corrected chi connectivity index (χ0v) is 17.0. The van der Waals surface area contributed by atoms with E-state index in [-0.39, 0.29) is 0 Å². The van der Waals surface area contributed by atoms with Crippen LogP contribution in [0.4, 0.5) is 0 Å². The maximum absolute atomic E-state index is 6.13. The summed E-state index contributed by atoms with van der Waals surface area (Å²) >= 11 is 0. The Hall–Kier alpha value is -0.886. The average Bonchev–Trinajstić information content (AvgIpc) is 2.45. The summed E-state index contributed by atoms with van der Waals surface area (Å²) in [5.41, 5.74) is 3.58. The van der Waals surface area contributed by atoms with Crippen LogP contribution in [0.5, 0.6) is 5.75 Å². The van der Waals surface area contributed by atoms with Gasteiger partial charge in [-0.3, -0.25) is 0 Å². The van der Waals surface area contributed by atoms with Gasteiger partial charge in [0.25, 0.3) is 0 Å². The first-order valence-electron chi connectivity index (χ1n) is 7.91. The summed E-state index contributed by atoms with van der Waals surface area (Å²) in [4.78, 5) is 0. The molecule has 0 fully saturated rings. The van der Waals surface area contributed by atoms with Crippen LogP contribution in [-0.2, 0) is 8.85 Å². The van der Waals surface area contributed by atoms with E-state index in [0.717, 1.165) is 19.0 Å². The van der Waals surface area contributed by atoms with Gasteiger partial charge in [-0.1, -0.05) is 17.8 Å². The van der Waals surface area contributed by atoms with Gasteiger partial charge < -0.3 is 13.6 Å². The monoisotopic (exact) mass is 338 g/mol. The van der Waals surface area contributed by atoms with Crippen molar-refractivity contribution in [2.24, 2.45) is 0 Å². The topological polar surface area (TPSA) is 27.7 Å². The van der Waals surface area contributed by atoms with E-state index >= 15 is 0 Å². The van der Waals surface area contributed by atoms with Crippen LogP contribution in [0.3, 0.4) is 0 Å². The highest BCUT2D eigenvalue weighted by Crippen LogP contribution is 2.30. The predicted octanol–water partition coefficient (Wildman–Crippen LogP) is 4.64. The summed E-state index contributed by atoms with van der Waals surface area (Å²) in [6, 6.07) is 8.26. The molecule has 22 heavy (non-hydrogen) atoms. The number of hydrogen-bond acceptors (Lipinski definition) is 3. The minimum absolute atomic E-state index is 0.739. The molecule has 3 nitrogen and oxygen atoms in total. The minimum Gasteiger partial charge on any atom is -0.497 e. The maximum atomic E-state index is 6.13. The molecule has 124 valence electrons. The van der Waals surface area contributed by atoms with Crippen molar-refractivity contribution in [2.75, 3.05) is 20.3 Å². The van der Waals surface area contributed by atoms with Crippen LogP contribution >= 0.6 is 0 Å². The fourth-order valence-electron chi connectivity index (χ4n) is 2.58. The first kappa shape index (κ1) is 19.2. The van der Waals surface area contributed by atoms with Gasteiger partial charge >= 0.3 is 0 Å². The van der Waals surface area contributed by atoms with Gasteiger partial charge in [-0.15, -0.1) is 0 Å². The quantitative estimate of drug-likeness (QED) is 0.646. The van der Waals surface area contributed by atoms with Gasteiger partial charge in [-0.05, 0) is 62.9 Å². The molecule has 0 spiro atoms. The molecular formula is C17H30O3Si2. The van der Waals surface area contributed by atoms with Crippen LogP contribution in [0.1, 0.15) is 19.4 Å². The molecule has 0 aliphatic carbocycles. The third-order valence-corrected chi connectivity index (χ3v) is 8.61. The van der Waals surface area contributed by atoms with E-state index in [2.05, 4.69) is 57.9 Å². The van der Waals surface area contributed by atoms with E-state index in [4.69, 9.17) is 13.6 Å². The van der Waals surface area contributed by atoms with Gasteiger partial charge in [0, 0.05) is 13.2 Å². The van der Waals surface area contributed by atoms with Crippen molar-refractivity contribution in [1.82, 2.24) is 0 Å². The Labute approximate surface area is 137 Å². The molecule has 0 bridgehead atoms. The lowest BCUT2D eigenvalue weighted by atomic mass is 10.2. The molecule has 1 aromatic carbocycles. The van der Waals surface area contributed by atoms with Gasteiger partial charge in [-0.2, -0.15) is 0 Å². The van der Waals surface area contributed by atoms with E-state index in [1.807, 2.05) is 12.1 Å². The third-order valence-electron chi connectivity index (χ3n) is 3.56. The Morgan fingerprint density at radius 2 is 1.50 bits per heavy atom. The average molecular weight is 339 g/mol. The van der Waals surface area contributed by atoms with Crippen LogP contribution < -0.4 is 4.74 Å². The summed E-state index contributed by atoms with van der Waals surface area (Å²) in [5.74, 6) is 0.875. The van der Waals surface area contributed by atoms with Crippen LogP contribution in [0, 0.1) is 0 Å². The molecule has 0 aliphatic rings. The van der Waals surface area contributed by atoms with Crippen LogP contribution in [0.2, 0.25) is 26.2 Å².